The van der Waals surface area contributed by atoms with Gasteiger partial charge >= 0.3 is 0 Å². The number of rotatable bonds is 5. The zero-order chi connectivity index (χ0) is 20.4. The van der Waals surface area contributed by atoms with E-state index in [1.54, 1.807) is 0 Å². The predicted octanol–water partition coefficient (Wildman–Crippen LogP) is 2.12. The molecule has 1 saturated heterocycles. The summed E-state index contributed by atoms with van der Waals surface area (Å²) in [6, 6.07) is 15.8. The summed E-state index contributed by atoms with van der Waals surface area (Å²) < 4.78 is 0. The Balaban J connectivity index is 1.52. The molecule has 2 aliphatic rings. The molecular weight excluding hydrogens is 362 g/mol. The van der Waals surface area contributed by atoms with Crippen LogP contribution in [-0.4, -0.2) is 42.9 Å². The number of carbonyl (C=O) groups is 2. The topological polar surface area (TPSA) is 53.9 Å². The van der Waals surface area contributed by atoms with E-state index in [4.69, 9.17) is 0 Å². The summed E-state index contributed by atoms with van der Waals surface area (Å²) in [5, 5.41) is 3.17. The summed E-state index contributed by atoms with van der Waals surface area (Å²) in [7, 11) is 0. The Morgan fingerprint density at radius 2 is 1.72 bits per heavy atom. The smallest absolute Gasteiger partial charge is 0.287 e. The fourth-order valence-electron chi connectivity index (χ4n) is 4.18. The lowest BCUT2D eigenvalue weighted by Gasteiger charge is -2.36. The Bertz CT molecular complexity index is 884. The van der Waals surface area contributed by atoms with Gasteiger partial charge in [0.15, 0.2) is 6.04 Å². The lowest BCUT2D eigenvalue weighted by Crippen LogP contribution is -3.16. The van der Waals surface area contributed by atoms with Crippen LogP contribution in [-0.2, 0) is 9.59 Å². The van der Waals surface area contributed by atoms with E-state index >= 15 is 0 Å². The van der Waals surface area contributed by atoms with E-state index in [1.807, 2.05) is 61.2 Å². The van der Waals surface area contributed by atoms with E-state index in [1.165, 1.54) is 4.90 Å². The lowest BCUT2D eigenvalue weighted by atomic mass is 10.0. The van der Waals surface area contributed by atoms with Crippen LogP contribution in [0.4, 0.5) is 5.69 Å². The number of amides is 2. The maximum absolute atomic E-state index is 13.4. The summed E-state index contributed by atoms with van der Waals surface area (Å²) in [6.07, 6.45) is 2.08. The van der Waals surface area contributed by atoms with Gasteiger partial charge in [-0.2, -0.15) is 0 Å². The minimum atomic E-state index is -0.283. The lowest BCUT2D eigenvalue weighted by molar-refractivity contribution is -0.925. The first kappa shape index (κ1) is 19.6. The summed E-state index contributed by atoms with van der Waals surface area (Å²) in [6.45, 7) is 7.08. The molecule has 5 heteroatoms. The molecule has 1 heterocycles. The third-order valence-electron chi connectivity index (χ3n) is 6.10. The van der Waals surface area contributed by atoms with Crippen LogP contribution in [0, 0.1) is 19.8 Å². The molecule has 2 N–H and O–H groups in total. The number of anilines is 1. The first-order valence-corrected chi connectivity index (χ1v) is 10.6. The van der Waals surface area contributed by atoms with Crippen molar-refractivity contribution >= 4 is 17.5 Å². The van der Waals surface area contributed by atoms with Crippen molar-refractivity contribution in [1.29, 1.82) is 0 Å². The molecule has 1 aliphatic carbocycles. The maximum Gasteiger partial charge on any atom is 0.287 e. The van der Waals surface area contributed by atoms with Gasteiger partial charge in [0.2, 0.25) is 5.91 Å². The van der Waals surface area contributed by atoms with Crippen LogP contribution in [0.2, 0.25) is 0 Å². The van der Waals surface area contributed by atoms with Gasteiger partial charge in [-0.15, -0.1) is 0 Å². The molecule has 2 aromatic rings. The van der Waals surface area contributed by atoms with Gasteiger partial charge in [-0.25, -0.2) is 0 Å². The monoisotopic (exact) mass is 392 g/mol. The standard InChI is InChI=1S/C24H29N3O2/c1-17-8-9-18(2)21(16-17)25-23(28)22(19-6-4-3-5-7-19)26-12-14-27(15-13-26)24(29)20-10-11-20/h3-9,16,20,22H,10-15H2,1-2H3,(H,25,28)/p+1/t22-/m0/s1. The Hall–Kier alpha value is -2.66. The number of aryl methyl sites for hydroxylation is 2. The number of benzene rings is 2. The summed E-state index contributed by atoms with van der Waals surface area (Å²) >= 11 is 0. The average Bonchev–Trinajstić information content (AvgIpc) is 3.57. The number of hydrogen-bond acceptors (Lipinski definition) is 2. The Kier molecular flexibility index (Phi) is 5.67. The fraction of sp³-hybridized carbons (Fsp3) is 0.417. The number of nitrogens with zero attached hydrogens (tertiary/aromatic N) is 1. The SMILES string of the molecule is Cc1ccc(C)c(NC(=O)[C@H](c2ccccc2)[NH+]2CCN(C(=O)C3CC3)CC2)c1. The van der Waals surface area contributed by atoms with Crippen LogP contribution in [0.25, 0.3) is 0 Å². The van der Waals surface area contributed by atoms with Crippen molar-refractivity contribution in [2.45, 2.75) is 32.7 Å². The maximum atomic E-state index is 13.4. The van der Waals surface area contributed by atoms with Crippen molar-refractivity contribution in [2.75, 3.05) is 31.5 Å². The molecule has 2 fully saturated rings. The van der Waals surface area contributed by atoms with Crippen LogP contribution < -0.4 is 10.2 Å². The van der Waals surface area contributed by atoms with Gasteiger partial charge in [-0.1, -0.05) is 42.5 Å². The molecule has 2 amide bonds. The van der Waals surface area contributed by atoms with E-state index in [2.05, 4.69) is 11.4 Å². The quantitative estimate of drug-likeness (QED) is 0.819. The van der Waals surface area contributed by atoms with Gasteiger partial charge in [-0.3, -0.25) is 9.59 Å². The van der Waals surface area contributed by atoms with E-state index in [0.717, 1.165) is 61.4 Å². The Labute approximate surface area is 172 Å². The van der Waals surface area contributed by atoms with E-state index in [0.29, 0.717) is 5.91 Å². The largest absolute Gasteiger partial charge is 0.331 e. The first-order valence-electron chi connectivity index (χ1n) is 10.6. The number of nitrogens with one attached hydrogen (secondary N) is 2. The molecule has 0 spiro atoms. The molecule has 0 radical (unpaired) electrons. The highest BCUT2D eigenvalue weighted by molar-refractivity contribution is 5.95. The molecule has 0 unspecified atom stereocenters. The third kappa shape index (κ3) is 4.51. The van der Waals surface area contributed by atoms with Crippen molar-refractivity contribution in [3.63, 3.8) is 0 Å². The minimum Gasteiger partial charge on any atom is -0.331 e. The summed E-state index contributed by atoms with van der Waals surface area (Å²) in [5.41, 5.74) is 4.08. The molecule has 4 rings (SSSR count). The molecule has 152 valence electrons. The number of piperazine rings is 1. The van der Waals surface area contributed by atoms with Gasteiger partial charge in [0.1, 0.15) is 0 Å². The second-order valence-corrected chi connectivity index (χ2v) is 8.41. The van der Waals surface area contributed by atoms with Crippen molar-refractivity contribution in [3.05, 3.63) is 65.2 Å². The zero-order valence-electron chi connectivity index (χ0n) is 17.3. The summed E-state index contributed by atoms with van der Waals surface area (Å²) in [4.78, 5) is 29.0. The van der Waals surface area contributed by atoms with Crippen LogP contribution in [0.3, 0.4) is 0 Å². The molecule has 0 bridgehead atoms. The highest BCUT2D eigenvalue weighted by Gasteiger charge is 2.39. The number of quaternary nitrogens is 1. The summed E-state index contributed by atoms with van der Waals surface area (Å²) in [5.74, 6) is 0.580. The fourth-order valence-corrected chi connectivity index (χ4v) is 4.18. The second-order valence-electron chi connectivity index (χ2n) is 8.41. The average molecular weight is 393 g/mol. The third-order valence-corrected chi connectivity index (χ3v) is 6.10. The van der Waals surface area contributed by atoms with E-state index in [-0.39, 0.29) is 17.9 Å². The number of hydrogen-bond donors (Lipinski definition) is 2. The van der Waals surface area contributed by atoms with Gasteiger partial charge < -0.3 is 15.1 Å². The Morgan fingerprint density at radius 3 is 2.38 bits per heavy atom. The molecule has 1 saturated carbocycles. The van der Waals surface area contributed by atoms with Crippen molar-refractivity contribution in [2.24, 2.45) is 5.92 Å². The van der Waals surface area contributed by atoms with Crippen molar-refractivity contribution in [1.82, 2.24) is 4.90 Å². The highest BCUT2D eigenvalue weighted by Crippen LogP contribution is 2.31. The Morgan fingerprint density at radius 1 is 1.03 bits per heavy atom. The highest BCUT2D eigenvalue weighted by atomic mass is 16.2. The van der Waals surface area contributed by atoms with Crippen LogP contribution >= 0.6 is 0 Å². The van der Waals surface area contributed by atoms with Crippen molar-refractivity contribution in [3.8, 4) is 0 Å². The van der Waals surface area contributed by atoms with Crippen LogP contribution in [0.5, 0.6) is 0 Å². The molecule has 1 atom stereocenters. The zero-order valence-corrected chi connectivity index (χ0v) is 17.3. The molecule has 2 aromatic carbocycles. The van der Waals surface area contributed by atoms with E-state index < -0.39 is 0 Å². The molecule has 5 nitrogen and oxygen atoms in total. The molecule has 29 heavy (non-hydrogen) atoms. The van der Waals surface area contributed by atoms with Crippen molar-refractivity contribution < 1.29 is 14.5 Å². The molecule has 0 aromatic heterocycles. The predicted molar refractivity (Wildman–Crippen MR) is 114 cm³/mol. The van der Waals surface area contributed by atoms with Gasteiger partial charge in [-0.05, 0) is 43.9 Å². The minimum absolute atomic E-state index is 0.0156. The van der Waals surface area contributed by atoms with Crippen LogP contribution in [0.15, 0.2) is 48.5 Å². The first-order chi connectivity index (χ1) is 14.0. The van der Waals surface area contributed by atoms with Gasteiger partial charge in [0.05, 0.1) is 26.2 Å². The van der Waals surface area contributed by atoms with Crippen LogP contribution in [0.1, 0.15) is 35.6 Å². The second kappa shape index (κ2) is 8.37. The molecular formula is C24H30N3O2+. The van der Waals surface area contributed by atoms with Gasteiger partial charge in [0, 0.05) is 17.2 Å². The van der Waals surface area contributed by atoms with Gasteiger partial charge in [0.25, 0.3) is 5.91 Å². The normalized spacial score (nSPS) is 18.3. The van der Waals surface area contributed by atoms with E-state index in [9.17, 15) is 9.59 Å². The number of carbonyl (C=O) groups excluding carboxylic acids is 2. The molecule has 1 aliphatic heterocycles.